The number of carbonyl (C=O) groups is 1. The average molecular weight is 687 g/mol. The van der Waals surface area contributed by atoms with E-state index < -0.39 is 60.1 Å². The predicted molar refractivity (Wildman–Crippen MR) is 155 cm³/mol. The number of alkyl halides is 7. The number of carbonyl (C=O) groups excluding carboxylic acids is 1. The molecule has 0 aromatic carbocycles. The number of unbranched alkanes of at least 4 members (excludes halogenated alkanes) is 1. The van der Waals surface area contributed by atoms with Crippen molar-refractivity contribution in [2.75, 3.05) is 53.4 Å². The molecule has 1 rings (SSSR count). The van der Waals surface area contributed by atoms with Gasteiger partial charge in [-0.25, -0.2) is 0 Å². The Balaban J connectivity index is 2.31. The van der Waals surface area contributed by atoms with E-state index in [4.69, 9.17) is 28.4 Å². The minimum atomic E-state index is -4.66. The third-order valence-electron chi connectivity index (χ3n) is 8.25. The molecule has 0 heterocycles. The topological polar surface area (TPSA) is 81.7 Å². The van der Waals surface area contributed by atoms with E-state index in [1.165, 1.54) is 7.11 Å². The molecule has 15 heteroatoms. The Morgan fingerprint density at radius 1 is 0.652 bits per heavy atom. The number of methoxy groups -OCH3 is 1. The second-order valence-electron chi connectivity index (χ2n) is 13.9. The number of hydrogen-bond donors (Lipinski definition) is 0. The lowest BCUT2D eigenvalue weighted by molar-refractivity contribution is -0.400. The molecule has 8 nitrogen and oxygen atoms in total. The van der Waals surface area contributed by atoms with Gasteiger partial charge >= 0.3 is 24.0 Å². The number of hydrogen-bond acceptors (Lipinski definition) is 8. The van der Waals surface area contributed by atoms with Crippen LogP contribution in [0.4, 0.5) is 30.7 Å². The van der Waals surface area contributed by atoms with Crippen LogP contribution in [0.2, 0.25) is 0 Å². The van der Waals surface area contributed by atoms with Crippen molar-refractivity contribution in [2.24, 2.45) is 5.41 Å². The standard InChI is InChI=1S/C31H53F7O8/c1-25(2,12-17-44-26(3,4)20-22(39)40-9)28(7,8)46-21-27(5,6)45-19-18-41-14-10-11-15-42-23-24(31(37,38)30(23,35)36)43-16-13-29(32,33)34/h23-24H,10-21H2,1-9H3. The molecule has 0 saturated heterocycles. The Morgan fingerprint density at radius 3 is 1.72 bits per heavy atom. The van der Waals surface area contributed by atoms with Gasteiger partial charge in [0.1, 0.15) is 0 Å². The molecule has 1 aliphatic carbocycles. The predicted octanol–water partition coefficient (Wildman–Crippen LogP) is 7.16. The van der Waals surface area contributed by atoms with Crippen molar-refractivity contribution in [1.29, 1.82) is 0 Å². The molecule has 0 amide bonds. The summed E-state index contributed by atoms with van der Waals surface area (Å²) in [5, 5.41) is 0. The van der Waals surface area contributed by atoms with Crippen molar-refractivity contribution >= 4 is 5.97 Å². The number of esters is 1. The van der Waals surface area contributed by atoms with E-state index in [0.29, 0.717) is 26.1 Å². The van der Waals surface area contributed by atoms with Crippen LogP contribution < -0.4 is 0 Å². The quantitative estimate of drug-likeness (QED) is 0.0637. The zero-order valence-corrected chi connectivity index (χ0v) is 28.6. The summed E-state index contributed by atoms with van der Waals surface area (Å²) in [7, 11) is 1.34. The molecule has 0 aliphatic heterocycles. The first-order valence-corrected chi connectivity index (χ1v) is 15.4. The van der Waals surface area contributed by atoms with Gasteiger partial charge in [0.25, 0.3) is 0 Å². The van der Waals surface area contributed by atoms with E-state index in [2.05, 4.69) is 18.6 Å². The molecule has 0 spiro atoms. The normalized spacial score (nSPS) is 20.4. The van der Waals surface area contributed by atoms with Gasteiger partial charge in [-0.15, -0.1) is 0 Å². The summed E-state index contributed by atoms with van der Waals surface area (Å²) in [4.78, 5) is 11.6. The maximum absolute atomic E-state index is 13.8. The summed E-state index contributed by atoms with van der Waals surface area (Å²) in [6, 6.07) is 0. The zero-order chi connectivity index (χ0) is 35.7. The molecule has 0 bridgehead atoms. The first kappa shape index (κ1) is 42.8. The van der Waals surface area contributed by atoms with Gasteiger partial charge in [-0.3, -0.25) is 4.79 Å². The molecular formula is C31H53F7O8. The lowest BCUT2D eigenvalue weighted by Gasteiger charge is -2.49. The van der Waals surface area contributed by atoms with E-state index >= 15 is 0 Å². The molecule has 46 heavy (non-hydrogen) atoms. The van der Waals surface area contributed by atoms with Gasteiger partial charge < -0.3 is 33.2 Å². The van der Waals surface area contributed by atoms with Crippen molar-refractivity contribution in [1.82, 2.24) is 0 Å². The Hall–Kier alpha value is -1.26. The average Bonchev–Trinajstić information content (AvgIpc) is 2.90. The molecular weight excluding hydrogens is 633 g/mol. The van der Waals surface area contributed by atoms with Crippen LogP contribution in [-0.2, 0) is 38.0 Å². The summed E-state index contributed by atoms with van der Waals surface area (Å²) in [6.07, 6.45) is -9.58. The Labute approximate surface area is 268 Å². The molecule has 0 radical (unpaired) electrons. The van der Waals surface area contributed by atoms with Gasteiger partial charge in [-0.05, 0) is 66.2 Å². The lowest BCUT2D eigenvalue weighted by Crippen LogP contribution is -2.75. The van der Waals surface area contributed by atoms with Crippen LogP contribution in [0.25, 0.3) is 0 Å². The van der Waals surface area contributed by atoms with Crippen molar-refractivity contribution in [3.8, 4) is 0 Å². The molecule has 1 saturated carbocycles. The second kappa shape index (κ2) is 16.9. The van der Waals surface area contributed by atoms with E-state index in [1.807, 2.05) is 41.5 Å². The van der Waals surface area contributed by atoms with E-state index in [-0.39, 0.29) is 50.7 Å². The first-order chi connectivity index (χ1) is 20.8. The highest BCUT2D eigenvalue weighted by molar-refractivity contribution is 5.70. The largest absolute Gasteiger partial charge is 0.469 e. The highest BCUT2D eigenvalue weighted by atomic mass is 19.4. The van der Waals surface area contributed by atoms with Crippen molar-refractivity contribution in [2.45, 2.75) is 135 Å². The Morgan fingerprint density at radius 2 is 1.17 bits per heavy atom. The van der Waals surface area contributed by atoms with E-state index in [0.717, 1.165) is 0 Å². The highest BCUT2D eigenvalue weighted by Gasteiger charge is 2.80. The third kappa shape index (κ3) is 13.3. The Bertz CT molecular complexity index is 923. The van der Waals surface area contributed by atoms with Gasteiger partial charge in [0.05, 0.1) is 63.2 Å². The van der Waals surface area contributed by atoms with Crippen molar-refractivity contribution in [3.63, 3.8) is 0 Å². The summed E-state index contributed by atoms with van der Waals surface area (Å²) in [5.74, 6) is -9.49. The maximum atomic E-state index is 13.8. The van der Waals surface area contributed by atoms with Crippen molar-refractivity contribution in [3.05, 3.63) is 0 Å². The van der Waals surface area contributed by atoms with Gasteiger partial charge in [-0.2, -0.15) is 30.7 Å². The van der Waals surface area contributed by atoms with Crippen LogP contribution >= 0.6 is 0 Å². The Kier molecular flexibility index (Phi) is 15.7. The number of ether oxygens (including phenoxy) is 7. The summed E-state index contributed by atoms with van der Waals surface area (Å²) < 4.78 is 129. The van der Waals surface area contributed by atoms with E-state index in [1.54, 1.807) is 0 Å². The van der Waals surface area contributed by atoms with Crippen molar-refractivity contribution < 1.29 is 68.7 Å². The number of rotatable bonds is 23. The van der Waals surface area contributed by atoms with Gasteiger partial charge in [0.2, 0.25) is 0 Å². The lowest BCUT2D eigenvalue weighted by atomic mass is 9.74. The first-order valence-electron chi connectivity index (χ1n) is 15.4. The monoisotopic (exact) mass is 686 g/mol. The third-order valence-corrected chi connectivity index (χ3v) is 8.25. The molecule has 2 unspecified atom stereocenters. The molecule has 0 aromatic rings. The molecule has 2 atom stereocenters. The van der Waals surface area contributed by atoms with Crippen LogP contribution in [0.5, 0.6) is 0 Å². The number of halogens is 7. The summed E-state index contributed by atoms with van der Waals surface area (Å²) in [5.41, 5.74) is -2.12. The van der Waals surface area contributed by atoms with Crippen LogP contribution in [-0.4, -0.2) is 106 Å². The molecule has 0 N–H and O–H groups in total. The van der Waals surface area contributed by atoms with Crippen LogP contribution in [0.15, 0.2) is 0 Å². The van der Waals surface area contributed by atoms with Crippen LogP contribution in [0, 0.1) is 5.41 Å². The summed E-state index contributed by atoms with van der Waals surface area (Å²) in [6.45, 7) is 15.5. The smallest absolute Gasteiger partial charge is 0.391 e. The zero-order valence-electron chi connectivity index (χ0n) is 28.6. The second-order valence-corrected chi connectivity index (χ2v) is 13.9. The van der Waals surface area contributed by atoms with Gasteiger partial charge in [0, 0.05) is 19.8 Å². The van der Waals surface area contributed by atoms with Gasteiger partial charge in [-0.1, -0.05) is 13.8 Å². The van der Waals surface area contributed by atoms with Crippen LogP contribution in [0.3, 0.4) is 0 Å². The van der Waals surface area contributed by atoms with Gasteiger partial charge in [0.15, 0.2) is 12.2 Å². The maximum Gasteiger partial charge on any atom is 0.391 e. The molecule has 274 valence electrons. The van der Waals surface area contributed by atoms with E-state index in [9.17, 15) is 35.5 Å². The molecule has 0 aromatic heterocycles. The highest BCUT2D eigenvalue weighted by Crippen LogP contribution is 2.54. The SMILES string of the molecule is COC(=O)CC(C)(C)OCCC(C)(C)C(C)(C)OCC(C)(C)OCCOCCCCOC1C(OCCC(F)(F)F)C(F)(F)C1(F)F. The fraction of sp³-hybridized carbons (Fsp3) is 0.968. The fourth-order valence-electron chi connectivity index (χ4n) is 4.29. The minimum Gasteiger partial charge on any atom is -0.469 e. The fourth-order valence-corrected chi connectivity index (χ4v) is 4.29. The minimum absolute atomic E-state index is 0.148. The molecule has 1 fully saturated rings. The molecule has 1 aliphatic rings. The van der Waals surface area contributed by atoms with Crippen LogP contribution in [0.1, 0.15) is 87.5 Å². The summed E-state index contributed by atoms with van der Waals surface area (Å²) >= 11 is 0.